The molecule has 0 heterocycles. The number of rotatable bonds is 7. The Kier molecular flexibility index (Phi) is 6.58. The van der Waals surface area contributed by atoms with Gasteiger partial charge in [-0.25, -0.2) is 13.2 Å². The Hall–Kier alpha value is -2.60. The van der Waals surface area contributed by atoms with Crippen LogP contribution in [0.3, 0.4) is 0 Å². The van der Waals surface area contributed by atoms with E-state index in [9.17, 15) is 13.2 Å². The minimum absolute atomic E-state index is 0.342. The summed E-state index contributed by atoms with van der Waals surface area (Å²) in [4.78, 5) is 11.7. The van der Waals surface area contributed by atoms with Crippen molar-refractivity contribution in [2.45, 2.75) is 13.3 Å². The molecule has 26 heavy (non-hydrogen) atoms. The number of hydrogen-bond donors (Lipinski definition) is 0. The van der Waals surface area contributed by atoms with Gasteiger partial charge in [0.25, 0.3) is 0 Å². The zero-order valence-corrected chi connectivity index (χ0v) is 15.9. The standard InChI is InChI=1S/C20H22O5S/c1-15-5-4-6-16(13-15)9-11-25-19-14-18(20(21)24-2)8-7-17(19)10-12-26(3,22)23/h4-8,10,12-14H,9,11H2,1-3H3. The zero-order valence-electron chi connectivity index (χ0n) is 15.1. The summed E-state index contributed by atoms with van der Waals surface area (Å²) in [6.07, 6.45) is 3.27. The van der Waals surface area contributed by atoms with Crippen LogP contribution in [0.25, 0.3) is 6.08 Å². The van der Waals surface area contributed by atoms with Gasteiger partial charge in [-0.3, -0.25) is 0 Å². The molecule has 2 aromatic carbocycles. The summed E-state index contributed by atoms with van der Waals surface area (Å²) < 4.78 is 33.3. The van der Waals surface area contributed by atoms with E-state index in [1.807, 2.05) is 25.1 Å². The number of esters is 1. The number of methoxy groups -OCH3 is 1. The van der Waals surface area contributed by atoms with Gasteiger partial charge in [0.15, 0.2) is 9.84 Å². The Bertz CT molecular complexity index is 914. The van der Waals surface area contributed by atoms with Crippen molar-refractivity contribution in [3.63, 3.8) is 0 Å². The molecule has 0 aliphatic carbocycles. The SMILES string of the molecule is COC(=O)c1ccc(C=CS(C)(=O)=O)c(OCCc2cccc(C)c2)c1. The monoisotopic (exact) mass is 374 g/mol. The van der Waals surface area contributed by atoms with Crippen LogP contribution in [-0.2, 0) is 21.0 Å². The van der Waals surface area contributed by atoms with Crippen molar-refractivity contribution in [3.05, 3.63) is 70.1 Å². The number of hydrogen-bond acceptors (Lipinski definition) is 5. The van der Waals surface area contributed by atoms with Gasteiger partial charge in [0, 0.05) is 23.6 Å². The predicted molar refractivity (Wildman–Crippen MR) is 102 cm³/mol. The Morgan fingerprint density at radius 1 is 1.15 bits per heavy atom. The van der Waals surface area contributed by atoms with E-state index < -0.39 is 15.8 Å². The first-order valence-corrected chi connectivity index (χ1v) is 10.0. The van der Waals surface area contributed by atoms with Crippen LogP contribution in [0.4, 0.5) is 0 Å². The first-order valence-electron chi connectivity index (χ1n) is 8.07. The number of sulfone groups is 1. The van der Waals surface area contributed by atoms with E-state index in [4.69, 9.17) is 9.47 Å². The summed E-state index contributed by atoms with van der Waals surface area (Å²) in [6.45, 7) is 2.42. The third-order valence-corrected chi connectivity index (χ3v) is 4.29. The number of benzene rings is 2. The summed E-state index contributed by atoms with van der Waals surface area (Å²) >= 11 is 0. The maximum Gasteiger partial charge on any atom is 0.337 e. The zero-order chi connectivity index (χ0) is 19.2. The second-order valence-electron chi connectivity index (χ2n) is 5.96. The minimum atomic E-state index is -3.27. The molecule has 5 nitrogen and oxygen atoms in total. The Balaban J connectivity index is 2.21. The van der Waals surface area contributed by atoms with Crippen LogP contribution < -0.4 is 4.74 Å². The molecule has 0 amide bonds. The molecule has 0 radical (unpaired) electrons. The molecule has 0 spiro atoms. The van der Waals surface area contributed by atoms with Crippen molar-refractivity contribution in [1.29, 1.82) is 0 Å². The van der Waals surface area contributed by atoms with E-state index in [2.05, 4.69) is 6.07 Å². The van der Waals surface area contributed by atoms with Gasteiger partial charge in [0.2, 0.25) is 0 Å². The Morgan fingerprint density at radius 3 is 2.58 bits per heavy atom. The fraction of sp³-hybridized carbons (Fsp3) is 0.250. The Morgan fingerprint density at radius 2 is 1.92 bits per heavy atom. The van der Waals surface area contributed by atoms with E-state index in [0.29, 0.717) is 29.9 Å². The number of carbonyl (C=O) groups excluding carboxylic acids is 1. The lowest BCUT2D eigenvalue weighted by molar-refractivity contribution is 0.0600. The number of carbonyl (C=O) groups is 1. The lowest BCUT2D eigenvalue weighted by atomic mass is 10.1. The minimum Gasteiger partial charge on any atom is -0.493 e. The van der Waals surface area contributed by atoms with Gasteiger partial charge in [0.1, 0.15) is 5.75 Å². The van der Waals surface area contributed by atoms with Crippen molar-refractivity contribution in [2.24, 2.45) is 0 Å². The lowest BCUT2D eigenvalue weighted by Gasteiger charge is -2.11. The fourth-order valence-electron chi connectivity index (χ4n) is 2.39. The maximum absolute atomic E-state index is 11.7. The molecule has 2 aromatic rings. The summed E-state index contributed by atoms with van der Waals surface area (Å²) in [7, 11) is -1.96. The molecule has 0 N–H and O–H groups in total. The van der Waals surface area contributed by atoms with Gasteiger partial charge in [-0.2, -0.15) is 0 Å². The molecule has 0 atom stereocenters. The van der Waals surface area contributed by atoms with Crippen LogP contribution >= 0.6 is 0 Å². The van der Waals surface area contributed by atoms with E-state index >= 15 is 0 Å². The molecule has 0 aliphatic heterocycles. The highest BCUT2D eigenvalue weighted by Crippen LogP contribution is 2.23. The summed E-state index contributed by atoms with van der Waals surface area (Å²) in [5.74, 6) is -0.0485. The van der Waals surface area contributed by atoms with Crippen LogP contribution in [0.15, 0.2) is 47.9 Å². The van der Waals surface area contributed by atoms with Gasteiger partial charge in [-0.15, -0.1) is 0 Å². The van der Waals surface area contributed by atoms with Crippen molar-refractivity contribution >= 4 is 21.9 Å². The molecule has 0 fully saturated rings. The topological polar surface area (TPSA) is 69.7 Å². The molecule has 0 aromatic heterocycles. The van der Waals surface area contributed by atoms with E-state index in [-0.39, 0.29) is 0 Å². The molecule has 6 heteroatoms. The van der Waals surface area contributed by atoms with Gasteiger partial charge in [-0.1, -0.05) is 35.9 Å². The molecule has 0 saturated carbocycles. The molecule has 138 valence electrons. The molecule has 2 rings (SSSR count). The Labute approximate surface area is 154 Å². The van der Waals surface area contributed by atoms with Gasteiger partial charge in [-0.05, 0) is 30.7 Å². The first-order chi connectivity index (χ1) is 12.3. The third-order valence-electron chi connectivity index (χ3n) is 3.66. The highest BCUT2D eigenvalue weighted by Gasteiger charge is 2.10. The number of ether oxygens (including phenoxy) is 2. The second kappa shape index (κ2) is 8.67. The summed E-state index contributed by atoms with van der Waals surface area (Å²) in [5, 5.41) is 1.10. The summed E-state index contributed by atoms with van der Waals surface area (Å²) in [5.41, 5.74) is 3.23. The largest absolute Gasteiger partial charge is 0.493 e. The second-order valence-corrected chi connectivity index (χ2v) is 7.90. The summed E-state index contributed by atoms with van der Waals surface area (Å²) in [6, 6.07) is 12.9. The smallest absolute Gasteiger partial charge is 0.337 e. The van der Waals surface area contributed by atoms with Crippen LogP contribution in [0.5, 0.6) is 5.75 Å². The van der Waals surface area contributed by atoms with Gasteiger partial charge in [0.05, 0.1) is 19.3 Å². The van der Waals surface area contributed by atoms with Crippen LogP contribution in [0.2, 0.25) is 0 Å². The van der Waals surface area contributed by atoms with Gasteiger partial charge < -0.3 is 9.47 Å². The first kappa shape index (κ1) is 19.7. The quantitative estimate of drug-likeness (QED) is 0.695. The van der Waals surface area contributed by atoms with Crippen molar-refractivity contribution < 1.29 is 22.7 Å². The molecule has 0 saturated heterocycles. The van der Waals surface area contributed by atoms with Crippen LogP contribution in [0, 0.1) is 6.92 Å². The van der Waals surface area contributed by atoms with Gasteiger partial charge >= 0.3 is 5.97 Å². The molecular weight excluding hydrogens is 352 g/mol. The predicted octanol–water partition coefficient (Wildman–Crippen LogP) is 3.42. The molecule has 0 aliphatic rings. The van der Waals surface area contributed by atoms with Crippen molar-refractivity contribution in [3.8, 4) is 5.75 Å². The lowest BCUT2D eigenvalue weighted by Crippen LogP contribution is -2.06. The van der Waals surface area contributed by atoms with Crippen molar-refractivity contribution in [2.75, 3.05) is 20.0 Å². The fourth-order valence-corrected chi connectivity index (χ4v) is 2.78. The van der Waals surface area contributed by atoms with E-state index in [0.717, 1.165) is 17.2 Å². The highest BCUT2D eigenvalue weighted by atomic mass is 32.2. The molecule has 0 unspecified atom stereocenters. The van der Waals surface area contributed by atoms with E-state index in [1.165, 1.54) is 18.7 Å². The van der Waals surface area contributed by atoms with Crippen LogP contribution in [-0.4, -0.2) is 34.4 Å². The average molecular weight is 374 g/mol. The van der Waals surface area contributed by atoms with Crippen LogP contribution in [0.1, 0.15) is 27.0 Å². The maximum atomic E-state index is 11.7. The van der Waals surface area contributed by atoms with E-state index in [1.54, 1.807) is 18.2 Å². The van der Waals surface area contributed by atoms with Crippen molar-refractivity contribution in [1.82, 2.24) is 0 Å². The molecular formula is C20H22O5S. The molecule has 0 bridgehead atoms. The average Bonchev–Trinajstić information content (AvgIpc) is 2.59. The normalized spacial score (nSPS) is 11.5. The third kappa shape index (κ3) is 6.04. The number of aryl methyl sites for hydroxylation is 1. The highest BCUT2D eigenvalue weighted by molar-refractivity contribution is 7.93.